The summed E-state index contributed by atoms with van der Waals surface area (Å²) in [7, 11) is 2.68. The highest BCUT2D eigenvalue weighted by atomic mass is 35.5. The summed E-state index contributed by atoms with van der Waals surface area (Å²) in [4.78, 5) is 24.5. The average molecular weight is 454 g/mol. The topological polar surface area (TPSA) is 94.1 Å². The van der Waals surface area contributed by atoms with Crippen molar-refractivity contribution in [3.8, 4) is 22.6 Å². The van der Waals surface area contributed by atoms with Crippen molar-refractivity contribution in [2.75, 3.05) is 26.1 Å². The fourth-order valence-corrected chi connectivity index (χ4v) is 4.26. The summed E-state index contributed by atoms with van der Waals surface area (Å²) in [5, 5.41) is 12.0. The van der Waals surface area contributed by atoms with E-state index in [9.17, 15) is 14.7 Å². The molecule has 0 aliphatic heterocycles. The summed E-state index contributed by atoms with van der Waals surface area (Å²) in [6, 6.07) is 17.3. The number of carbonyl (C=O) groups is 2. The Labute approximate surface area is 189 Å². The van der Waals surface area contributed by atoms with Gasteiger partial charge in [-0.15, -0.1) is 0 Å². The molecule has 0 aromatic heterocycles. The van der Waals surface area contributed by atoms with Gasteiger partial charge in [-0.05, 0) is 22.3 Å². The molecule has 0 fully saturated rings. The van der Waals surface area contributed by atoms with E-state index in [1.54, 1.807) is 0 Å². The van der Waals surface area contributed by atoms with Crippen LogP contribution in [0.5, 0.6) is 11.5 Å². The van der Waals surface area contributed by atoms with Crippen LogP contribution in [-0.2, 0) is 4.74 Å². The minimum absolute atomic E-state index is 0.00676. The monoisotopic (exact) mass is 453 g/mol. The molecule has 0 radical (unpaired) electrons. The Kier molecular flexibility index (Phi) is 5.92. The van der Waals surface area contributed by atoms with E-state index in [0.717, 1.165) is 22.3 Å². The van der Waals surface area contributed by atoms with E-state index in [1.165, 1.54) is 20.3 Å². The molecule has 4 rings (SSSR count). The van der Waals surface area contributed by atoms with Crippen LogP contribution in [0.25, 0.3) is 11.1 Å². The largest absolute Gasteiger partial charge is 0.496 e. The van der Waals surface area contributed by atoms with E-state index in [4.69, 9.17) is 25.8 Å². The fraction of sp³-hybridized carbons (Fsp3) is 0.167. The molecule has 8 heteroatoms. The summed E-state index contributed by atoms with van der Waals surface area (Å²) in [5.74, 6) is -1.31. The van der Waals surface area contributed by atoms with Crippen LogP contribution in [0.1, 0.15) is 27.4 Å². The third-order valence-electron chi connectivity index (χ3n) is 5.42. The standard InChI is InChI=1S/C24H20ClNO6/c1-30-18-11-19(31-2)21(25)22(20(18)23(27)28)26-24(29)32-12-17-15-9-5-3-7-13(15)14-8-4-6-10-16(14)17/h3-11,17H,12H2,1-2H3,(H,26,29)(H,27,28). The van der Waals surface area contributed by atoms with E-state index in [2.05, 4.69) is 5.32 Å². The van der Waals surface area contributed by atoms with Crippen LogP contribution < -0.4 is 14.8 Å². The highest BCUT2D eigenvalue weighted by Gasteiger charge is 2.30. The van der Waals surface area contributed by atoms with E-state index < -0.39 is 12.1 Å². The molecule has 0 saturated carbocycles. The molecule has 164 valence electrons. The number of amides is 1. The first-order chi connectivity index (χ1) is 15.5. The van der Waals surface area contributed by atoms with Crippen LogP contribution in [0.3, 0.4) is 0 Å². The molecular formula is C24H20ClNO6. The lowest BCUT2D eigenvalue weighted by Gasteiger charge is -2.18. The van der Waals surface area contributed by atoms with Gasteiger partial charge in [0.2, 0.25) is 0 Å². The lowest BCUT2D eigenvalue weighted by Crippen LogP contribution is -2.20. The molecule has 0 unspecified atom stereocenters. The molecule has 1 aliphatic rings. The number of nitrogens with one attached hydrogen (secondary N) is 1. The second-order valence-corrected chi connectivity index (χ2v) is 7.48. The van der Waals surface area contributed by atoms with Crippen LogP contribution >= 0.6 is 11.6 Å². The minimum atomic E-state index is -1.32. The average Bonchev–Trinajstić information content (AvgIpc) is 3.12. The molecule has 2 N–H and O–H groups in total. The number of rotatable bonds is 6. The minimum Gasteiger partial charge on any atom is -0.496 e. The van der Waals surface area contributed by atoms with Crippen LogP contribution in [-0.4, -0.2) is 38.0 Å². The second-order valence-electron chi connectivity index (χ2n) is 7.10. The first-order valence-electron chi connectivity index (χ1n) is 9.76. The maximum absolute atomic E-state index is 12.7. The molecule has 0 heterocycles. The number of anilines is 1. The number of benzene rings is 3. The number of carbonyl (C=O) groups excluding carboxylic acids is 1. The predicted molar refractivity (Wildman–Crippen MR) is 120 cm³/mol. The molecule has 3 aromatic rings. The highest BCUT2D eigenvalue weighted by Crippen LogP contribution is 2.45. The van der Waals surface area contributed by atoms with Crippen LogP contribution in [0, 0.1) is 0 Å². The molecule has 3 aromatic carbocycles. The highest BCUT2D eigenvalue weighted by molar-refractivity contribution is 6.36. The van der Waals surface area contributed by atoms with Gasteiger partial charge in [0.15, 0.2) is 0 Å². The summed E-state index contributed by atoms with van der Waals surface area (Å²) in [6.07, 6.45) is -0.841. The predicted octanol–water partition coefficient (Wildman–Crippen LogP) is 5.42. The summed E-state index contributed by atoms with van der Waals surface area (Å²) in [5.41, 5.74) is 3.87. The Balaban J connectivity index is 1.59. The van der Waals surface area contributed by atoms with Crippen molar-refractivity contribution in [2.45, 2.75) is 5.92 Å². The molecule has 32 heavy (non-hydrogen) atoms. The van der Waals surface area contributed by atoms with Crippen molar-refractivity contribution in [1.82, 2.24) is 0 Å². The molecule has 0 bridgehead atoms. The summed E-state index contributed by atoms with van der Waals surface area (Å²) >= 11 is 6.28. The number of methoxy groups -OCH3 is 2. The lowest BCUT2D eigenvalue weighted by atomic mass is 9.98. The number of fused-ring (bicyclic) bond motifs is 3. The van der Waals surface area contributed by atoms with E-state index in [1.807, 2.05) is 48.5 Å². The van der Waals surface area contributed by atoms with Gasteiger partial charge in [-0.2, -0.15) is 0 Å². The number of aromatic carboxylic acids is 1. The Morgan fingerprint density at radius 2 is 1.53 bits per heavy atom. The second kappa shape index (κ2) is 8.80. The van der Waals surface area contributed by atoms with Gasteiger partial charge in [0, 0.05) is 12.0 Å². The Hall–Kier alpha value is -3.71. The number of hydrogen-bond acceptors (Lipinski definition) is 5. The van der Waals surface area contributed by atoms with Gasteiger partial charge < -0.3 is 19.3 Å². The quantitative estimate of drug-likeness (QED) is 0.517. The zero-order valence-electron chi connectivity index (χ0n) is 17.3. The number of ether oxygens (including phenoxy) is 3. The molecule has 7 nitrogen and oxygen atoms in total. The van der Waals surface area contributed by atoms with Gasteiger partial charge in [-0.3, -0.25) is 5.32 Å². The van der Waals surface area contributed by atoms with Gasteiger partial charge in [-0.1, -0.05) is 60.1 Å². The summed E-state index contributed by atoms with van der Waals surface area (Å²) < 4.78 is 15.8. The third kappa shape index (κ3) is 3.71. The lowest BCUT2D eigenvalue weighted by molar-refractivity contribution is 0.0694. The van der Waals surface area contributed by atoms with E-state index in [-0.39, 0.29) is 40.3 Å². The summed E-state index contributed by atoms with van der Waals surface area (Å²) in [6.45, 7) is 0.0704. The van der Waals surface area contributed by atoms with Gasteiger partial charge in [-0.25, -0.2) is 9.59 Å². The number of hydrogen-bond donors (Lipinski definition) is 2. The Morgan fingerprint density at radius 3 is 2.06 bits per heavy atom. The third-order valence-corrected chi connectivity index (χ3v) is 5.79. The maximum Gasteiger partial charge on any atom is 0.411 e. The molecule has 1 aliphatic carbocycles. The molecule has 0 spiro atoms. The van der Waals surface area contributed by atoms with Gasteiger partial charge in [0.25, 0.3) is 0 Å². The molecule has 0 atom stereocenters. The zero-order valence-corrected chi connectivity index (χ0v) is 18.1. The zero-order chi connectivity index (χ0) is 22.8. The van der Waals surface area contributed by atoms with Crippen molar-refractivity contribution >= 4 is 29.4 Å². The van der Waals surface area contributed by atoms with Crippen molar-refractivity contribution in [2.24, 2.45) is 0 Å². The molecular weight excluding hydrogens is 434 g/mol. The van der Waals surface area contributed by atoms with Crippen LogP contribution in [0.2, 0.25) is 5.02 Å². The van der Waals surface area contributed by atoms with Crippen LogP contribution in [0.15, 0.2) is 54.6 Å². The normalized spacial score (nSPS) is 12.0. The smallest absolute Gasteiger partial charge is 0.411 e. The first-order valence-corrected chi connectivity index (χ1v) is 10.1. The SMILES string of the molecule is COc1cc(OC)c(C(=O)O)c(NC(=O)OCC2c3ccccc3-c3ccccc32)c1Cl. The van der Waals surface area contributed by atoms with E-state index >= 15 is 0 Å². The van der Waals surface area contributed by atoms with Crippen molar-refractivity contribution in [1.29, 1.82) is 0 Å². The molecule has 0 saturated heterocycles. The van der Waals surface area contributed by atoms with Gasteiger partial charge >= 0.3 is 12.1 Å². The van der Waals surface area contributed by atoms with E-state index in [0.29, 0.717) is 0 Å². The van der Waals surface area contributed by atoms with Gasteiger partial charge in [0.1, 0.15) is 28.7 Å². The van der Waals surface area contributed by atoms with Gasteiger partial charge in [0.05, 0.1) is 19.9 Å². The van der Waals surface area contributed by atoms with Crippen molar-refractivity contribution in [3.05, 3.63) is 76.3 Å². The Morgan fingerprint density at radius 1 is 0.969 bits per heavy atom. The first kappa shape index (κ1) is 21.5. The molecule has 1 amide bonds. The fourth-order valence-electron chi connectivity index (χ4n) is 3.99. The van der Waals surface area contributed by atoms with Crippen molar-refractivity contribution in [3.63, 3.8) is 0 Å². The van der Waals surface area contributed by atoms with Crippen LogP contribution in [0.4, 0.5) is 10.5 Å². The number of carboxylic acid groups (broad SMARTS) is 1. The number of halogens is 1. The Bertz CT molecular complexity index is 1160. The van der Waals surface area contributed by atoms with Crippen molar-refractivity contribution < 1.29 is 28.9 Å². The number of carboxylic acids is 1. The maximum atomic E-state index is 12.7.